The minimum absolute atomic E-state index is 0.00936. The monoisotopic (exact) mass is 301 g/mol. The van der Waals surface area contributed by atoms with E-state index in [1.165, 1.54) is 5.56 Å². The summed E-state index contributed by atoms with van der Waals surface area (Å²) in [5, 5.41) is 6.04. The Labute approximate surface area is 131 Å². The van der Waals surface area contributed by atoms with Crippen LogP contribution in [0.3, 0.4) is 0 Å². The van der Waals surface area contributed by atoms with Gasteiger partial charge in [-0.3, -0.25) is 14.5 Å². The molecule has 2 aliphatic heterocycles. The van der Waals surface area contributed by atoms with Crippen LogP contribution in [0.4, 0.5) is 5.69 Å². The fourth-order valence-electron chi connectivity index (χ4n) is 3.49. The molecule has 0 radical (unpaired) electrons. The summed E-state index contributed by atoms with van der Waals surface area (Å²) in [6.07, 6.45) is 2.22. The number of aryl methyl sites for hydroxylation is 1. The smallest absolute Gasteiger partial charge is 0.244 e. The van der Waals surface area contributed by atoms with Gasteiger partial charge in [0.15, 0.2) is 0 Å². The van der Waals surface area contributed by atoms with Gasteiger partial charge in [0, 0.05) is 12.5 Å². The van der Waals surface area contributed by atoms with Crippen molar-refractivity contribution in [2.24, 2.45) is 0 Å². The van der Waals surface area contributed by atoms with Gasteiger partial charge in [0.25, 0.3) is 0 Å². The molecule has 118 valence electrons. The average Bonchev–Trinajstić information content (AvgIpc) is 2.80. The minimum atomic E-state index is -0.431. The molecule has 2 N–H and O–H groups in total. The van der Waals surface area contributed by atoms with Gasteiger partial charge in [-0.2, -0.15) is 0 Å². The van der Waals surface area contributed by atoms with E-state index < -0.39 is 6.04 Å². The van der Waals surface area contributed by atoms with E-state index in [4.69, 9.17) is 0 Å². The molecule has 5 heteroatoms. The average molecular weight is 301 g/mol. The molecule has 0 bridgehead atoms. The molecule has 0 aromatic heterocycles. The molecule has 5 nitrogen and oxygen atoms in total. The summed E-state index contributed by atoms with van der Waals surface area (Å²) in [6, 6.07) is 5.53. The number of benzene rings is 1. The third-order valence-corrected chi connectivity index (χ3v) is 4.49. The first-order valence-corrected chi connectivity index (χ1v) is 7.94. The van der Waals surface area contributed by atoms with E-state index in [-0.39, 0.29) is 23.9 Å². The molecule has 0 aliphatic carbocycles. The highest BCUT2D eigenvalue weighted by Gasteiger charge is 2.43. The largest absolute Gasteiger partial charge is 0.352 e. The summed E-state index contributed by atoms with van der Waals surface area (Å²) >= 11 is 0. The molecule has 0 saturated heterocycles. The molecule has 0 spiro atoms. The third kappa shape index (κ3) is 2.39. The van der Waals surface area contributed by atoms with Crippen LogP contribution in [0.25, 0.3) is 0 Å². The van der Waals surface area contributed by atoms with Crippen molar-refractivity contribution in [2.75, 3.05) is 11.9 Å². The molecule has 1 aromatic rings. The van der Waals surface area contributed by atoms with Crippen LogP contribution < -0.4 is 15.5 Å². The summed E-state index contributed by atoms with van der Waals surface area (Å²) in [7, 11) is 1.80. The number of para-hydroxylation sites is 1. The molecule has 0 fully saturated rings. The fraction of sp³-hybridized carbons (Fsp3) is 0.529. The van der Waals surface area contributed by atoms with Crippen LogP contribution in [-0.2, 0) is 22.4 Å². The Hall–Kier alpha value is -1.88. The zero-order valence-corrected chi connectivity index (χ0v) is 13.3. The highest BCUT2D eigenvalue weighted by atomic mass is 16.2. The van der Waals surface area contributed by atoms with Crippen LogP contribution in [0.1, 0.15) is 31.4 Å². The van der Waals surface area contributed by atoms with Crippen LogP contribution in [0.5, 0.6) is 0 Å². The number of nitrogens with one attached hydrogen (secondary N) is 2. The van der Waals surface area contributed by atoms with Gasteiger partial charge >= 0.3 is 0 Å². The lowest BCUT2D eigenvalue weighted by molar-refractivity contribution is -0.127. The number of likely N-dealkylation sites (N-methyl/N-ethyl adjacent to an activating group) is 1. The Morgan fingerprint density at radius 1 is 1.32 bits per heavy atom. The first kappa shape index (κ1) is 15.0. The zero-order valence-electron chi connectivity index (χ0n) is 13.3. The zero-order chi connectivity index (χ0) is 15.9. The van der Waals surface area contributed by atoms with Crippen molar-refractivity contribution in [1.29, 1.82) is 0 Å². The topological polar surface area (TPSA) is 61.4 Å². The summed E-state index contributed by atoms with van der Waals surface area (Å²) in [4.78, 5) is 27.2. The van der Waals surface area contributed by atoms with Crippen LogP contribution >= 0.6 is 0 Å². The maximum Gasteiger partial charge on any atom is 0.244 e. The number of rotatable bonds is 3. The van der Waals surface area contributed by atoms with Crippen molar-refractivity contribution < 1.29 is 9.59 Å². The maximum absolute atomic E-state index is 12.9. The Balaban J connectivity index is 2.02. The van der Waals surface area contributed by atoms with E-state index in [2.05, 4.69) is 16.7 Å². The van der Waals surface area contributed by atoms with Gasteiger partial charge in [-0.1, -0.05) is 18.2 Å². The standard InChI is InChI=1S/C17H23N3O2/c1-10(2)19-16(21)14-9-12-6-4-5-11-7-8-13(18-3)17(22)20(14)15(11)12/h4-6,10,13-14,18H,7-9H2,1-3H3,(H,19,21)/t13-,14-/m1/s1. The van der Waals surface area contributed by atoms with Gasteiger partial charge < -0.3 is 10.6 Å². The molecule has 0 unspecified atom stereocenters. The normalized spacial score (nSPS) is 23.5. The van der Waals surface area contributed by atoms with E-state index in [1.807, 2.05) is 26.0 Å². The number of carbonyl (C=O) groups excluding carboxylic acids is 2. The lowest BCUT2D eigenvalue weighted by atomic mass is 10.0. The number of anilines is 1. The van der Waals surface area contributed by atoms with Gasteiger partial charge in [0.05, 0.1) is 11.7 Å². The molecule has 22 heavy (non-hydrogen) atoms. The summed E-state index contributed by atoms with van der Waals surface area (Å²) < 4.78 is 0. The SMILES string of the molecule is CN[C@@H]1CCc2cccc3c2N(C1=O)[C@@H](C(=O)NC(C)C)C3. The number of nitrogens with zero attached hydrogens (tertiary/aromatic N) is 1. The summed E-state index contributed by atoms with van der Waals surface area (Å²) in [5.41, 5.74) is 3.24. The van der Waals surface area contributed by atoms with Crippen molar-refractivity contribution in [3.8, 4) is 0 Å². The molecular formula is C17H23N3O2. The number of carbonyl (C=O) groups is 2. The van der Waals surface area contributed by atoms with E-state index in [1.54, 1.807) is 11.9 Å². The maximum atomic E-state index is 12.9. The van der Waals surface area contributed by atoms with E-state index in [9.17, 15) is 9.59 Å². The fourth-order valence-corrected chi connectivity index (χ4v) is 3.49. The van der Waals surface area contributed by atoms with E-state index in [0.29, 0.717) is 6.42 Å². The Morgan fingerprint density at radius 2 is 2.05 bits per heavy atom. The summed E-state index contributed by atoms with van der Waals surface area (Å²) in [6.45, 7) is 3.87. The van der Waals surface area contributed by atoms with Crippen LogP contribution in [-0.4, -0.2) is 37.0 Å². The molecule has 2 heterocycles. The molecule has 2 atom stereocenters. The van der Waals surface area contributed by atoms with Gasteiger partial charge in [0.2, 0.25) is 11.8 Å². The Morgan fingerprint density at radius 3 is 2.73 bits per heavy atom. The first-order chi connectivity index (χ1) is 10.5. The molecule has 2 amide bonds. The Kier molecular flexibility index (Phi) is 3.91. The highest BCUT2D eigenvalue weighted by molar-refractivity contribution is 6.06. The van der Waals surface area contributed by atoms with E-state index in [0.717, 1.165) is 24.1 Å². The molecule has 2 aliphatic rings. The van der Waals surface area contributed by atoms with Crippen LogP contribution in [0, 0.1) is 0 Å². The van der Waals surface area contributed by atoms with Crippen molar-refractivity contribution in [3.63, 3.8) is 0 Å². The predicted molar refractivity (Wildman–Crippen MR) is 85.9 cm³/mol. The van der Waals surface area contributed by atoms with Crippen molar-refractivity contribution in [1.82, 2.24) is 10.6 Å². The second-order valence-electron chi connectivity index (χ2n) is 6.40. The van der Waals surface area contributed by atoms with Crippen LogP contribution in [0.15, 0.2) is 18.2 Å². The number of amides is 2. The lowest BCUT2D eigenvalue weighted by Gasteiger charge is -2.28. The second-order valence-corrected chi connectivity index (χ2v) is 6.40. The number of hydrogen-bond acceptors (Lipinski definition) is 3. The predicted octanol–water partition coefficient (Wildman–Crippen LogP) is 1.00. The van der Waals surface area contributed by atoms with Gasteiger partial charge in [-0.25, -0.2) is 0 Å². The Bertz CT molecular complexity index is 612. The molecular weight excluding hydrogens is 278 g/mol. The quantitative estimate of drug-likeness (QED) is 0.876. The summed E-state index contributed by atoms with van der Waals surface area (Å²) in [5.74, 6) is -0.0580. The van der Waals surface area contributed by atoms with Gasteiger partial charge in [-0.15, -0.1) is 0 Å². The minimum Gasteiger partial charge on any atom is -0.352 e. The highest BCUT2D eigenvalue weighted by Crippen LogP contribution is 2.38. The van der Waals surface area contributed by atoms with Gasteiger partial charge in [0.1, 0.15) is 6.04 Å². The van der Waals surface area contributed by atoms with Crippen molar-refractivity contribution in [2.45, 2.75) is 51.2 Å². The molecule has 0 saturated carbocycles. The second kappa shape index (κ2) is 5.72. The van der Waals surface area contributed by atoms with Gasteiger partial charge in [-0.05, 0) is 44.9 Å². The van der Waals surface area contributed by atoms with Crippen LogP contribution in [0.2, 0.25) is 0 Å². The first-order valence-electron chi connectivity index (χ1n) is 7.94. The van der Waals surface area contributed by atoms with Crippen molar-refractivity contribution in [3.05, 3.63) is 29.3 Å². The van der Waals surface area contributed by atoms with Crippen molar-refractivity contribution >= 4 is 17.5 Å². The molecule has 3 rings (SSSR count). The third-order valence-electron chi connectivity index (χ3n) is 4.49. The number of hydrogen-bond donors (Lipinski definition) is 2. The molecule has 1 aromatic carbocycles. The van der Waals surface area contributed by atoms with E-state index >= 15 is 0 Å². The lowest BCUT2D eigenvalue weighted by Crippen LogP contribution is -2.53.